The Morgan fingerprint density at radius 3 is 2.07 bits per heavy atom. The molecule has 0 aliphatic rings. The van der Waals surface area contributed by atoms with Crippen molar-refractivity contribution in [2.75, 3.05) is 18.5 Å². The number of benzene rings is 1. The molecule has 1 rings (SSSR count). The van der Waals surface area contributed by atoms with Gasteiger partial charge in [-0.1, -0.05) is 0 Å². The molecule has 0 bridgehead atoms. The first-order chi connectivity index (χ1) is 13.7. The number of hydrogen-bond acceptors (Lipinski definition) is 7. The topological polar surface area (TPSA) is 148 Å². The Balaban J connectivity index is 3.03. The quantitative estimate of drug-likeness (QED) is 0.485. The van der Waals surface area contributed by atoms with Crippen LogP contribution in [0.4, 0.5) is 5.69 Å². The molecule has 0 heterocycles. The summed E-state index contributed by atoms with van der Waals surface area (Å²) in [5.41, 5.74) is 0.555. The zero-order valence-electron chi connectivity index (χ0n) is 16.4. The van der Waals surface area contributed by atoms with Gasteiger partial charge in [-0.3, -0.25) is 19.2 Å². The zero-order valence-corrected chi connectivity index (χ0v) is 16.4. The Labute approximate surface area is 167 Å². The summed E-state index contributed by atoms with van der Waals surface area (Å²) in [6.45, 7) is 4.46. The number of carbonyl (C=O) groups excluding carboxylic acids is 4. The predicted octanol–water partition coefficient (Wildman–Crippen LogP) is 0.960. The summed E-state index contributed by atoms with van der Waals surface area (Å²) in [6.07, 6.45) is -0.564. The molecule has 0 aliphatic carbocycles. The van der Waals surface area contributed by atoms with Crippen LogP contribution in [0.3, 0.4) is 0 Å². The maximum atomic E-state index is 12.5. The van der Waals surface area contributed by atoms with Gasteiger partial charge in [0.25, 0.3) is 5.91 Å². The minimum Gasteiger partial charge on any atom is -0.480 e. The van der Waals surface area contributed by atoms with Gasteiger partial charge in [0.05, 0.1) is 25.6 Å². The monoisotopic (exact) mass is 408 g/mol. The van der Waals surface area contributed by atoms with Gasteiger partial charge < -0.3 is 25.2 Å². The third kappa shape index (κ3) is 7.60. The fourth-order valence-corrected chi connectivity index (χ4v) is 2.45. The van der Waals surface area contributed by atoms with Crippen LogP contribution in [0.1, 0.15) is 37.6 Å². The highest BCUT2D eigenvalue weighted by molar-refractivity contribution is 5.99. The van der Waals surface area contributed by atoms with Gasteiger partial charge in [-0.05, 0) is 38.1 Å². The molecule has 29 heavy (non-hydrogen) atoms. The molecule has 0 radical (unpaired) electrons. The first-order valence-corrected chi connectivity index (χ1v) is 8.93. The van der Waals surface area contributed by atoms with Crippen LogP contribution in [-0.4, -0.2) is 54.1 Å². The van der Waals surface area contributed by atoms with E-state index in [2.05, 4.69) is 10.6 Å². The molecule has 2 amide bonds. The number of rotatable bonds is 10. The first-order valence-electron chi connectivity index (χ1n) is 8.93. The fourth-order valence-electron chi connectivity index (χ4n) is 2.45. The summed E-state index contributed by atoms with van der Waals surface area (Å²) >= 11 is 0. The van der Waals surface area contributed by atoms with Gasteiger partial charge in [0, 0.05) is 18.2 Å². The molecule has 0 spiro atoms. The van der Waals surface area contributed by atoms with Crippen LogP contribution in [0.25, 0.3) is 0 Å². The molecule has 158 valence electrons. The second kappa shape index (κ2) is 11.4. The van der Waals surface area contributed by atoms with Crippen LogP contribution < -0.4 is 10.6 Å². The summed E-state index contributed by atoms with van der Waals surface area (Å²) in [4.78, 5) is 59.2. The zero-order chi connectivity index (χ0) is 22.0. The molecule has 2 atom stereocenters. The molecule has 0 aliphatic heterocycles. The van der Waals surface area contributed by atoms with Crippen molar-refractivity contribution < 1.29 is 38.6 Å². The minimum absolute atomic E-state index is 0.0247. The molecular weight excluding hydrogens is 384 g/mol. The number of esters is 2. The second-order valence-corrected chi connectivity index (χ2v) is 5.92. The molecule has 1 aromatic carbocycles. The molecule has 1 aromatic rings. The van der Waals surface area contributed by atoms with Crippen molar-refractivity contribution in [3.63, 3.8) is 0 Å². The molecule has 10 heteroatoms. The number of aliphatic carboxylic acids is 1. The highest BCUT2D eigenvalue weighted by Gasteiger charge is 2.38. The van der Waals surface area contributed by atoms with Gasteiger partial charge in [0.1, 0.15) is 6.04 Å². The van der Waals surface area contributed by atoms with Gasteiger partial charge >= 0.3 is 17.9 Å². The Bertz CT molecular complexity index is 760. The molecule has 3 N–H and O–H groups in total. The van der Waals surface area contributed by atoms with E-state index in [-0.39, 0.29) is 24.7 Å². The largest absolute Gasteiger partial charge is 0.480 e. The normalized spacial score (nSPS) is 12.2. The second-order valence-electron chi connectivity index (χ2n) is 5.92. The Morgan fingerprint density at radius 1 is 1.00 bits per heavy atom. The summed E-state index contributed by atoms with van der Waals surface area (Å²) in [7, 11) is 0. The standard InChI is InChI=1S/C19H24N2O8/c1-4-28-15(23)10-14(19(27)29-5-2)16(18(25)26)21-17(24)12-6-8-13(9-7-12)20-11(3)22/h6-9,14,16H,4-5,10H2,1-3H3,(H,20,22)(H,21,24)(H,25,26)/t14-,16+/m0/s1. The summed E-state index contributed by atoms with van der Waals surface area (Å²) < 4.78 is 9.63. The van der Waals surface area contributed by atoms with Crippen molar-refractivity contribution >= 4 is 35.4 Å². The first kappa shape index (κ1) is 23.6. The van der Waals surface area contributed by atoms with Crippen molar-refractivity contribution in [1.82, 2.24) is 5.32 Å². The maximum Gasteiger partial charge on any atom is 0.327 e. The van der Waals surface area contributed by atoms with E-state index in [9.17, 15) is 29.1 Å². The minimum atomic E-state index is -1.71. The van der Waals surface area contributed by atoms with E-state index in [0.717, 1.165) is 0 Å². The SMILES string of the molecule is CCOC(=O)C[C@H](C(=O)OCC)[C@@H](NC(=O)c1ccc(NC(C)=O)cc1)C(=O)O. The van der Waals surface area contributed by atoms with E-state index in [1.54, 1.807) is 6.92 Å². The average Bonchev–Trinajstić information content (AvgIpc) is 2.64. The predicted molar refractivity (Wildman–Crippen MR) is 101 cm³/mol. The van der Waals surface area contributed by atoms with Crippen LogP contribution in [0, 0.1) is 5.92 Å². The fraction of sp³-hybridized carbons (Fsp3) is 0.421. The number of hydrogen-bond donors (Lipinski definition) is 3. The number of amides is 2. The maximum absolute atomic E-state index is 12.5. The van der Waals surface area contributed by atoms with Gasteiger partial charge in [0.15, 0.2) is 0 Å². The number of carbonyl (C=O) groups is 5. The van der Waals surface area contributed by atoms with Crippen LogP contribution in [0.15, 0.2) is 24.3 Å². The number of ether oxygens (including phenoxy) is 2. The Hall–Kier alpha value is -3.43. The highest BCUT2D eigenvalue weighted by Crippen LogP contribution is 2.16. The van der Waals surface area contributed by atoms with Crippen molar-refractivity contribution in [2.45, 2.75) is 33.2 Å². The number of anilines is 1. The van der Waals surface area contributed by atoms with Crippen molar-refractivity contribution in [3.8, 4) is 0 Å². The Kier molecular flexibility index (Phi) is 9.30. The summed E-state index contributed by atoms with van der Waals surface area (Å²) in [6, 6.07) is 3.98. The smallest absolute Gasteiger partial charge is 0.327 e. The lowest BCUT2D eigenvalue weighted by Gasteiger charge is -2.22. The van der Waals surface area contributed by atoms with Crippen molar-refractivity contribution in [2.24, 2.45) is 5.92 Å². The summed E-state index contributed by atoms with van der Waals surface area (Å²) in [5.74, 6) is -5.75. The molecule has 10 nitrogen and oxygen atoms in total. The summed E-state index contributed by atoms with van der Waals surface area (Å²) in [5, 5.41) is 14.3. The van der Waals surface area contributed by atoms with Crippen molar-refractivity contribution in [1.29, 1.82) is 0 Å². The average molecular weight is 408 g/mol. The van der Waals surface area contributed by atoms with E-state index < -0.39 is 42.2 Å². The van der Waals surface area contributed by atoms with E-state index in [1.807, 2.05) is 0 Å². The third-order valence-electron chi connectivity index (χ3n) is 3.70. The van der Waals surface area contributed by atoms with Gasteiger partial charge in [-0.25, -0.2) is 4.79 Å². The lowest BCUT2D eigenvalue weighted by Crippen LogP contribution is -2.49. The van der Waals surface area contributed by atoms with Crippen LogP contribution >= 0.6 is 0 Å². The van der Waals surface area contributed by atoms with Crippen LogP contribution in [0.5, 0.6) is 0 Å². The molecule has 0 aromatic heterocycles. The lowest BCUT2D eigenvalue weighted by molar-refractivity contribution is -0.159. The molecular formula is C19H24N2O8. The van der Waals surface area contributed by atoms with Crippen molar-refractivity contribution in [3.05, 3.63) is 29.8 Å². The molecule has 0 saturated heterocycles. The lowest BCUT2D eigenvalue weighted by atomic mass is 9.95. The Morgan fingerprint density at radius 2 is 1.59 bits per heavy atom. The molecule has 0 fully saturated rings. The van der Waals surface area contributed by atoms with Gasteiger partial charge in [-0.2, -0.15) is 0 Å². The van der Waals surface area contributed by atoms with E-state index >= 15 is 0 Å². The van der Waals surface area contributed by atoms with E-state index in [0.29, 0.717) is 5.69 Å². The third-order valence-corrected chi connectivity index (χ3v) is 3.70. The van der Waals surface area contributed by atoms with E-state index in [4.69, 9.17) is 9.47 Å². The number of carboxylic acid groups (broad SMARTS) is 1. The van der Waals surface area contributed by atoms with Crippen LogP contribution in [0.2, 0.25) is 0 Å². The number of carboxylic acids is 1. The highest BCUT2D eigenvalue weighted by atomic mass is 16.5. The van der Waals surface area contributed by atoms with Gasteiger partial charge in [0.2, 0.25) is 5.91 Å². The molecule has 0 unspecified atom stereocenters. The van der Waals surface area contributed by atoms with Crippen LogP contribution in [-0.2, 0) is 28.7 Å². The van der Waals surface area contributed by atoms with Gasteiger partial charge in [-0.15, -0.1) is 0 Å². The van der Waals surface area contributed by atoms with E-state index in [1.165, 1.54) is 38.1 Å². The number of nitrogens with one attached hydrogen (secondary N) is 2. The molecule has 0 saturated carbocycles.